The Morgan fingerprint density at radius 2 is 1.79 bits per heavy atom. The molecule has 0 fully saturated rings. The van der Waals surface area contributed by atoms with Crippen molar-refractivity contribution in [2.45, 2.75) is 13.8 Å². The van der Waals surface area contributed by atoms with E-state index in [4.69, 9.17) is 21.1 Å². The Hall–Kier alpha value is -1.28. The number of nitrogens with one attached hydrogen (secondary N) is 1. The van der Waals surface area contributed by atoms with E-state index in [1.165, 1.54) is 0 Å². The fourth-order valence-corrected chi connectivity index (χ4v) is 3.85. The van der Waals surface area contributed by atoms with E-state index in [1.54, 1.807) is 24.3 Å². The summed E-state index contributed by atoms with van der Waals surface area (Å²) < 4.78 is 13.0. The van der Waals surface area contributed by atoms with Crippen molar-refractivity contribution in [2.24, 2.45) is 0 Å². The van der Waals surface area contributed by atoms with Gasteiger partial charge in [-0.3, -0.25) is 4.79 Å². The van der Waals surface area contributed by atoms with Crippen LogP contribution < -0.4 is 14.8 Å². The van der Waals surface area contributed by atoms with E-state index in [0.717, 1.165) is 28.6 Å². The third-order valence-corrected chi connectivity index (χ3v) is 5.44. The number of benzene rings is 2. The first-order valence-electron chi connectivity index (χ1n) is 8.95. The molecule has 2 aromatic carbocycles. The molecule has 1 N–H and O–H groups in total. The smallest absolute Gasteiger partial charge is 0.262 e. The predicted octanol–water partition coefficient (Wildman–Crippen LogP) is 5.60. The second kappa shape index (κ2) is 11.7. The molecule has 8 heteroatoms. The minimum Gasteiger partial charge on any atom is -0.491 e. The first-order valence-corrected chi connectivity index (χ1v) is 10.9. The molecule has 0 saturated carbocycles. The highest BCUT2D eigenvalue weighted by molar-refractivity contribution is 9.11. The number of ether oxygens (including phenoxy) is 2. The molecule has 0 spiro atoms. The lowest BCUT2D eigenvalue weighted by molar-refractivity contribution is -0.118. The van der Waals surface area contributed by atoms with Gasteiger partial charge in [-0.2, -0.15) is 0 Å². The number of amides is 1. The summed E-state index contributed by atoms with van der Waals surface area (Å²) in [5.74, 6) is 0.913. The van der Waals surface area contributed by atoms with Crippen LogP contribution >= 0.6 is 43.5 Å². The molecule has 0 aliphatic carbocycles. The van der Waals surface area contributed by atoms with E-state index >= 15 is 0 Å². The van der Waals surface area contributed by atoms with Crippen LogP contribution in [0.3, 0.4) is 0 Å². The summed E-state index contributed by atoms with van der Waals surface area (Å²) >= 11 is 13.0. The summed E-state index contributed by atoms with van der Waals surface area (Å²) in [7, 11) is 0. The second-order valence-corrected chi connectivity index (χ2v) is 8.11. The summed E-state index contributed by atoms with van der Waals surface area (Å²) in [5.41, 5.74) is 0.588. The largest absolute Gasteiger partial charge is 0.491 e. The van der Waals surface area contributed by atoms with Gasteiger partial charge < -0.3 is 19.7 Å². The van der Waals surface area contributed by atoms with Crippen LogP contribution in [0, 0.1) is 0 Å². The Balaban J connectivity index is 1.85. The SMILES string of the molecule is CCN(CC)CCOc1ccc(NC(=O)COc2ccc(Br)cc2Br)cc1Cl. The molecule has 0 aromatic heterocycles. The summed E-state index contributed by atoms with van der Waals surface area (Å²) in [6.07, 6.45) is 0. The standard InChI is InChI=1S/C20H23Br2ClN2O3/c1-3-25(4-2)9-10-27-19-8-6-15(12-17(19)23)24-20(26)13-28-18-7-5-14(21)11-16(18)22/h5-8,11-12H,3-4,9-10,13H2,1-2H3,(H,24,26). The molecule has 5 nitrogen and oxygen atoms in total. The molecule has 2 aromatic rings. The van der Waals surface area contributed by atoms with E-state index in [-0.39, 0.29) is 12.5 Å². The first-order chi connectivity index (χ1) is 13.4. The van der Waals surface area contributed by atoms with Gasteiger partial charge in [0.25, 0.3) is 5.91 Å². The lowest BCUT2D eigenvalue weighted by Crippen LogP contribution is -2.27. The van der Waals surface area contributed by atoms with Crippen LogP contribution in [0.25, 0.3) is 0 Å². The van der Waals surface area contributed by atoms with Gasteiger partial charge in [-0.1, -0.05) is 41.4 Å². The van der Waals surface area contributed by atoms with Crippen molar-refractivity contribution < 1.29 is 14.3 Å². The molecule has 0 aliphatic heterocycles. The topological polar surface area (TPSA) is 50.8 Å². The van der Waals surface area contributed by atoms with Gasteiger partial charge in [0.2, 0.25) is 0 Å². The van der Waals surface area contributed by atoms with Crippen LogP contribution in [-0.4, -0.2) is 43.7 Å². The molecule has 2 rings (SSSR count). The molecule has 0 unspecified atom stereocenters. The maximum Gasteiger partial charge on any atom is 0.262 e. The zero-order valence-corrected chi connectivity index (χ0v) is 19.7. The highest BCUT2D eigenvalue weighted by Gasteiger charge is 2.09. The number of halogens is 3. The van der Waals surface area contributed by atoms with Crippen molar-refractivity contribution in [3.8, 4) is 11.5 Å². The molecular weight excluding hydrogens is 511 g/mol. The average Bonchev–Trinajstić information content (AvgIpc) is 2.66. The molecule has 0 bridgehead atoms. The number of carbonyl (C=O) groups excluding carboxylic acids is 1. The third kappa shape index (κ3) is 7.28. The highest BCUT2D eigenvalue weighted by atomic mass is 79.9. The molecular formula is C20H23Br2ClN2O3. The van der Waals surface area contributed by atoms with Crippen molar-refractivity contribution in [1.82, 2.24) is 4.90 Å². The Morgan fingerprint density at radius 3 is 2.43 bits per heavy atom. The molecule has 0 aliphatic rings. The zero-order valence-electron chi connectivity index (χ0n) is 15.8. The number of hydrogen-bond donors (Lipinski definition) is 1. The van der Waals surface area contributed by atoms with Gasteiger partial charge in [0, 0.05) is 16.7 Å². The van der Waals surface area contributed by atoms with Crippen molar-refractivity contribution >= 4 is 55.1 Å². The molecule has 0 saturated heterocycles. The van der Waals surface area contributed by atoms with Gasteiger partial charge >= 0.3 is 0 Å². The van der Waals surface area contributed by atoms with E-state index in [1.807, 2.05) is 12.1 Å². The van der Waals surface area contributed by atoms with Gasteiger partial charge in [-0.25, -0.2) is 0 Å². The van der Waals surface area contributed by atoms with Crippen molar-refractivity contribution in [3.05, 3.63) is 50.4 Å². The summed E-state index contributed by atoms with van der Waals surface area (Å²) in [6.45, 7) is 7.49. The second-order valence-electron chi connectivity index (χ2n) is 5.93. The number of nitrogens with zero attached hydrogens (tertiary/aromatic N) is 1. The van der Waals surface area contributed by atoms with Gasteiger partial charge in [0.05, 0.1) is 9.50 Å². The minimum atomic E-state index is -0.277. The third-order valence-electron chi connectivity index (χ3n) is 4.03. The molecule has 1 amide bonds. The lowest BCUT2D eigenvalue weighted by atomic mass is 10.3. The Bertz CT molecular complexity index is 801. The molecule has 28 heavy (non-hydrogen) atoms. The summed E-state index contributed by atoms with van der Waals surface area (Å²) in [4.78, 5) is 14.4. The van der Waals surface area contributed by atoms with Crippen LogP contribution in [-0.2, 0) is 4.79 Å². The first kappa shape index (κ1) is 23.0. The van der Waals surface area contributed by atoms with Crippen LogP contribution in [0.5, 0.6) is 11.5 Å². The van der Waals surface area contributed by atoms with Crippen molar-refractivity contribution in [2.75, 3.05) is 38.2 Å². The Labute approximate surface area is 187 Å². The van der Waals surface area contributed by atoms with Crippen molar-refractivity contribution in [1.29, 1.82) is 0 Å². The normalized spacial score (nSPS) is 10.8. The van der Waals surface area contributed by atoms with E-state index < -0.39 is 0 Å². The Kier molecular flexibility index (Phi) is 9.58. The van der Waals surface area contributed by atoms with E-state index in [9.17, 15) is 4.79 Å². The quantitative estimate of drug-likeness (QED) is 0.431. The fraction of sp³-hybridized carbons (Fsp3) is 0.350. The van der Waals surface area contributed by atoms with Crippen LogP contribution in [0.2, 0.25) is 5.02 Å². The summed E-state index contributed by atoms with van der Waals surface area (Å²) in [6, 6.07) is 10.7. The molecule has 152 valence electrons. The number of anilines is 1. The van der Waals surface area contributed by atoms with Gasteiger partial charge in [-0.05, 0) is 65.4 Å². The number of rotatable bonds is 10. The number of carbonyl (C=O) groups is 1. The van der Waals surface area contributed by atoms with Crippen molar-refractivity contribution in [3.63, 3.8) is 0 Å². The Morgan fingerprint density at radius 1 is 1.07 bits per heavy atom. The molecule has 0 radical (unpaired) electrons. The minimum absolute atomic E-state index is 0.111. The highest BCUT2D eigenvalue weighted by Crippen LogP contribution is 2.29. The van der Waals surface area contributed by atoms with Crippen LogP contribution in [0.1, 0.15) is 13.8 Å². The van der Waals surface area contributed by atoms with E-state index in [2.05, 4.69) is 55.9 Å². The van der Waals surface area contributed by atoms with Crippen LogP contribution in [0.4, 0.5) is 5.69 Å². The molecule has 0 heterocycles. The zero-order chi connectivity index (χ0) is 20.5. The van der Waals surface area contributed by atoms with Gasteiger partial charge in [-0.15, -0.1) is 0 Å². The average molecular weight is 535 g/mol. The van der Waals surface area contributed by atoms with Gasteiger partial charge in [0.15, 0.2) is 6.61 Å². The number of hydrogen-bond acceptors (Lipinski definition) is 4. The lowest BCUT2D eigenvalue weighted by Gasteiger charge is -2.18. The fourth-order valence-electron chi connectivity index (χ4n) is 2.45. The number of likely N-dealkylation sites (N-methyl/N-ethyl adjacent to an activating group) is 1. The van der Waals surface area contributed by atoms with E-state index in [0.29, 0.717) is 28.8 Å². The molecule has 0 atom stereocenters. The van der Waals surface area contributed by atoms with Crippen LogP contribution in [0.15, 0.2) is 45.3 Å². The summed E-state index contributed by atoms with van der Waals surface area (Å²) in [5, 5.41) is 3.22. The van der Waals surface area contributed by atoms with Gasteiger partial charge in [0.1, 0.15) is 18.1 Å². The monoisotopic (exact) mass is 532 g/mol. The maximum atomic E-state index is 12.1. The maximum absolute atomic E-state index is 12.1. The predicted molar refractivity (Wildman–Crippen MR) is 121 cm³/mol.